The van der Waals surface area contributed by atoms with Crippen molar-refractivity contribution >= 4 is 33.9 Å². The lowest BCUT2D eigenvalue weighted by molar-refractivity contribution is 0.571. The maximum atomic E-state index is 5.41. The van der Waals surface area contributed by atoms with E-state index in [0.29, 0.717) is 5.89 Å². The molecule has 15 heavy (non-hydrogen) atoms. The molecule has 0 atom stereocenters. The number of halogens is 1. The molecule has 0 radical (unpaired) electrons. The zero-order valence-electron chi connectivity index (χ0n) is 8.29. The van der Waals surface area contributed by atoms with Crippen molar-refractivity contribution in [2.24, 2.45) is 0 Å². The number of nitrogens with zero attached hydrogens (tertiary/aromatic N) is 1. The highest BCUT2D eigenvalue weighted by Gasteiger charge is 2.07. The average molecular weight is 334 g/mol. The van der Waals surface area contributed by atoms with E-state index in [1.165, 1.54) is 2.88 Å². The Morgan fingerprint density at radius 2 is 2.47 bits per heavy atom. The molecule has 2 aromatic heterocycles. The van der Waals surface area contributed by atoms with Gasteiger partial charge in [-0.15, -0.1) is 11.3 Å². The van der Waals surface area contributed by atoms with Gasteiger partial charge < -0.3 is 9.73 Å². The summed E-state index contributed by atoms with van der Waals surface area (Å²) in [6.07, 6.45) is 1.71. The minimum Gasteiger partial charge on any atom is -0.444 e. The number of hydrogen-bond acceptors (Lipinski definition) is 4. The standard InChI is InChI=1S/C10H11IN2OS/c1-2-12-4-8-5-14-10(13-8)7-3-9(11)15-6-7/h3,5-6,12H,2,4H2,1H3. The van der Waals surface area contributed by atoms with E-state index in [1.807, 2.05) is 0 Å². The molecule has 2 heterocycles. The zero-order chi connectivity index (χ0) is 10.7. The van der Waals surface area contributed by atoms with Gasteiger partial charge in [0.05, 0.1) is 8.58 Å². The second kappa shape index (κ2) is 5.09. The summed E-state index contributed by atoms with van der Waals surface area (Å²) in [5, 5.41) is 5.27. The Hall–Kier alpha value is -0.400. The molecule has 5 heteroatoms. The van der Waals surface area contributed by atoms with Crippen LogP contribution in [0.25, 0.3) is 11.5 Å². The Morgan fingerprint density at radius 1 is 1.60 bits per heavy atom. The van der Waals surface area contributed by atoms with Gasteiger partial charge in [0, 0.05) is 17.5 Å². The third kappa shape index (κ3) is 2.79. The molecule has 0 saturated carbocycles. The molecule has 2 rings (SSSR count). The van der Waals surface area contributed by atoms with Crippen molar-refractivity contribution in [3.63, 3.8) is 0 Å². The predicted molar refractivity (Wildman–Crippen MR) is 69.9 cm³/mol. The summed E-state index contributed by atoms with van der Waals surface area (Å²) >= 11 is 3.99. The van der Waals surface area contributed by atoms with E-state index in [4.69, 9.17) is 4.42 Å². The van der Waals surface area contributed by atoms with Gasteiger partial charge in [0.15, 0.2) is 0 Å². The van der Waals surface area contributed by atoms with Crippen molar-refractivity contribution in [3.8, 4) is 11.5 Å². The Balaban J connectivity index is 2.13. The lowest BCUT2D eigenvalue weighted by Gasteiger charge is -1.93. The summed E-state index contributed by atoms with van der Waals surface area (Å²) in [5.74, 6) is 0.710. The van der Waals surface area contributed by atoms with Crippen LogP contribution in [0, 0.1) is 2.88 Å². The minimum absolute atomic E-state index is 0.710. The largest absolute Gasteiger partial charge is 0.444 e. The molecule has 0 saturated heterocycles. The lowest BCUT2D eigenvalue weighted by atomic mass is 10.3. The molecule has 3 nitrogen and oxygen atoms in total. The third-order valence-corrected chi connectivity index (χ3v) is 3.71. The molecule has 0 aliphatic rings. The maximum Gasteiger partial charge on any atom is 0.227 e. The maximum absolute atomic E-state index is 5.41. The van der Waals surface area contributed by atoms with Gasteiger partial charge in [-0.2, -0.15) is 0 Å². The lowest BCUT2D eigenvalue weighted by Crippen LogP contribution is -2.11. The van der Waals surface area contributed by atoms with Gasteiger partial charge in [-0.1, -0.05) is 6.92 Å². The summed E-state index contributed by atoms with van der Waals surface area (Å²) in [5.41, 5.74) is 2.01. The molecule has 0 amide bonds. The Labute approximate surface area is 106 Å². The van der Waals surface area contributed by atoms with E-state index in [9.17, 15) is 0 Å². The summed E-state index contributed by atoms with van der Waals surface area (Å²) < 4.78 is 6.66. The van der Waals surface area contributed by atoms with E-state index in [-0.39, 0.29) is 0 Å². The Bertz CT molecular complexity index is 438. The first kappa shape index (κ1) is 11.1. The third-order valence-electron chi connectivity index (χ3n) is 1.92. The van der Waals surface area contributed by atoms with Crippen LogP contribution in [0.5, 0.6) is 0 Å². The predicted octanol–water partition coefficient (Wildman–Crippen LogP) is 3.12. The van der Waals surface area contributed by atoms with Gasteiger partial charge in [-0.3, -0.25) is 0 Å². The molecule has 0 spiro atoms. The van der Waals surface area contributed by atoms with Gasteiger partial charge in [0.2, 0.25) is 5.89 Å². The highest BCUT2D eigenvalue weighted by atomic mass is 127. The quantitative estimate of drug-likeness (QED) is 0.873. The average Bonchev–Trinajstić information content (AvgIpc) is 2.83. The Kier molecular flexibility index (Phi) is 3.76. The van der Waals surface area contributed by atoms with Gasteiger partial charge in [-0.25, -0.2) is 4.98 Å². The van der Waals surface area contributed by atoms with Gasteiger partial charge in [-0.05, 0) is 35.2 Å². The van der Waals surface area contributed by atoms with Gasteiger partial charge >= 0.3 is 0 Å². The fourth-order valence-electron chi connectivity index (χ4n) is 1.20. The summed E-state index contributed by atoms with van der Waals surface area (Å²) in [6.45, 7) is 3.78. The highest BCUT2D eigenvalue weighted by Crippen LogP contribution is 2.25. The molecule has 0 aliphatic heterocycles. The molecule has 0 aromatic carbocycles. The number of hydrogen-bond donors (Lipinski definition) is 1. The highest BCUT2D eigenvalue weighted by molar-refractivity contribution is 14.1. The fraction of sp³-hybridized carbons (Fsp3) is 0.300. The fourth-order valence-corrected chi connectivity index (χ4v) is 2.52. The molecule has 1 N–H and O–H groups in total. The second-order valence-electron chi connectivity index (χ2n) is 3.06. The van der Waals surface area contributed by atoms with Crippen LogP contribution in [0.2, 0.25) is 0 Å². The van der Waals surface area contributed by atoms with Crippen LogP contribution >= 0.6 is 33.9 Å². The van der Waals surface area contributed by atoms with Crippen molar-refractivity contribution in [2.75, 3.05) is 6.54 Å². The van der Waals surface area contributed by atoms with Crippen molar-refractivity contribution in [3.05, 3.63) is 26.3 Å². The monoisotopic (exact) mass is 334 g/mol. The molecule has 0 unspecified atom stereocenters. The van der Waals surface area contributed by atoms with Crippen LogP contribution in [0.15, 0.2) is 22.1 Å². The van der Waals surface area contributed by atoms with Crippen LogP contribution in [0.4, 0.5) is 0 Å². The van der Waals surface area contributed by atoms with Gasteiger partial charge in [0.25, 0.3) is 0 Å². The number of nitrogens with one attached hydrogen (secondary N) is 1. The first-order chi connectivity index (χ1) is 7.29. The van der Waals surface area contributed by atoms with Crippen molar-refractivity contribution in [1.29, 1.82) is 0 Å². The number of oxazole rings is 1. The van der Waals surface area contributed by atoms with E-state index < -0.39 is 0 Å². The summed E-state index contributed by atoms with van der Waals surface area (Å²) in [6, 6.07) is 2.08. The van der Waals surface area contributed by atoms with Gasteiger partial charge in [0.1, 0.15) is 6.26 Å². The van der Waals surface area contributed by atoms with Crippen LogP contribution in [-0.2, 0) is 6.54 Å². The van der Waals surface area contributed by atoms with Crippen molar-refractivity contribution in [1.82, 2.24) is 10.3 Å². The molecule has 80 valence electrons. The van der Waals surface area contributed by atoms with Crippen LogP contribution in [0.1, 0.15) is 12.6 Å². The molecular formula is C10H11IN2OS. The summed E-state index contributed by atoms with van der Waals surface area (Å²) in [4.78, 5) is 4.41. The number of rotatable bonds is 4. The van der Waals surface area contributed by atoms with E-state index in [2.05, 4.69) is 51.3 Å². The molecule has 0 aliphatic carbocycles. The number of aromatic nitrogens is 1. The van der Waals surface area contributed by atoms with Crippen LogP contribution in [-0.4, -0.2) is 11.5 Å². The van der Waals surface area contributed by atoms with Crippen molar-refractivity contribution < 1.29 is 4.42 Å². The van der Waals surface area contributed by atoms with Crippen molar-refractivity contribution in [2.45, 2.75) is 13.5 Å². The minimum atomic E-state index is 0.710. The zero-order valence-corrected chi connectivity index (χ0v) is 11.3. The first-order valence-corrected chi connectivity index (χ1v) is 6.65. The SMILES string of the molecule is CCNCc1coc(-c2csc(I)c2)n1. The number of thiophene rings is 1. The van der Waals surface area contributed by atoms with Crippen LogP contribution in [0.3, 0.4) is 0 Å². The van der Waals surface area contributed by atoms with E-state index >= 15 is 0 Å². The second-order valence-corrected chi connectivity index (χ2v) is 5.87. The summed E-state index contributed by atoms with van der Waals surface area (Å²) in [7, 11) is 0. The first-order valence-electron chi connectivity index (χ1n) is 4.69. The molecule has 0 bridgehead atoms. The molecule has 2 aromatic rings. The van der Waals surface area contributed by atoms with Crippen LogP contribution < -0.4 is 5.32 Å². The molecular weight excluding hydrogens is 323 g/mol. The normalized spacial score (nSPS) is 10.8. The van der Waals surface area contributed by atoms with E-state index in [0.717, 1.165) is 24.3 Å². The topological polar surface area (TPSA) is 38.1 Å². The molecule has 0 fully saturated rings. The smallest absolute Gasteiger partial charge is 0.227 e. The Morgan fingerprint density at radius 3 is 3.13 bits per heavy atom. The van der Waals surface area contributed by atoms with E-state index in [1.54, 1.807) is 17.6 Å².